The number of amides is 2. The van der Waals surface area contributed by atoms with Crippen LogP contribution in [0, 0.1) is 0 Å². The molecule has 0 heterocycles. The van der Waals surface area contributed by atoms with Crippen LogP contribution in [0.3, 0.4) is 0 Å². The molecule has 1 unspecified atom stereocenters. The van der Waals surface area contributed by atoms with E-state index in [9.17, 15) is 4.79 Å². The van der Waals surface area contributed by atoms with Crippen LogP contribution in [0.5, 0.6) is 5.75 Å². The van der Waals surface area contributed by atoms with E-state index in [4.69, 9.17) is 16.3 Å². The van der Waals surface area contributed by atoms with Gasteiger partial charge in [0, 0.05) is 5.02 Å². The van der Waals surface area contributed by atoms with Crippen molar-refractivity contribution >= 4 is 17.6 Å². The molecule has 2 amide bonds. The van der Waals surface area contributed by atoms with Crippen molar-refractivity contribution in [3.05, 3.63) is 64.2 Å². The maximum absolute atomic E-state index is 12.0. The smallest absolute Gasteiger partial charge is 0.317 e. The van der Waals surface area contributed by atoms with Gasteiger partial charge in [0.15, 0.2) is 6.73 Å². The summed E-state index contributed by atoms with van der Waals surface area (Å²) in [5.74, 6) is 0.660. The van der Waals surface area contributed by atoms with Gasteiger partial charge in [0.25, 0.3) is 0 Å². The summed E-state index contributed by atoms with van der Waals surface area (Å²) in [5, 5.41) is 6.30. The Morgan fingerprint density at radius 1 is 1.12 bits per heavy atom. The molecule has 0 saturated carbocycles. The average molecular weight is 359 g/mol. The predicted molar refractivity (Wildman–Crippen MR) is 100 cm³/mol. The van der Waals surface area contributed by atoms with Gasteiger partial charge in [-0.1, -0.05) is 29.8 Å². The first-order valence-electron chi connectivity index (χ1n) is 8.66. The highest BCUT2D eigenvalue weighted by molar-refractivity contribution is 6.30. The van der Waals surface area contributed by atoms with Gasteiger partial charge in [0.1, 0.15) is 5.75 Å². The molecule has 0 fully saturated rings. The lowest BCUT2D eigenvalue weighted by Gasteiger charge is -2.20. The molecule has 0 saturated heterocycles. The number of carbonyl (C=O) groups excluding carboxylic acids is 1. The van der Waals surface area contributed by atoms with Crippen molar-refractivity contribution in [1.29, 1.82) is 0 Å². The summed E-state index contributed by atoms with van der Waals surface area (Å²) in [4.78, 5) is 12.0. The van der Waals surface area contributed by atoms with E-state index < -0.39 is 0 Å². The Labute approximate surface area is 153 Å². The Bertz CT molecular complexity index is 731. The van der Waals surface area contributed by atoms with E-state index in [0.29, 0.717) is 10.8 Å². The van der Waals surface area contributed by atoms with Gasteiger partial charge in [-0.25, -0.2) is 4.79 Å². The number of ether oxygens (including phenoxy) is 1. The van der Waals surface area contributed by atoms with Crippen LogP contribution in [0.2, 0.25) is 5.02 Å². The molecular formula is C20H23ClN2O2. The first-order chi connectivity index (χ1) is 12.1. The minimum atomic E-state index is -0.251. The van der Waals surface area contributed by atoms with Gasteiger partial charge in [-0.3, -0.25) is 0 Å². The van der Waals surface area contributed by atoms with Crippen LogP contribution >= 0.6 is 11.6 Å². The van der Waals surface area contributed by atoms with E-state index in [1.807, 2.05) is 6.92 Å². The molecule has 5 heteroatoms. The molecule has 0 aliphatic heterocycles. The summed E-state index contributed by atoms with van der Waals surface area (Å²) in [7, 11) is 0. The molecule has 2 N–H and O–H groups in total. The van der Waals surface area contributed by atoms with E-state index >= 15 is 0 Å². The van der Waals surface area contributed by atoms with Crippen molar-refractivity contribution in [2.45, 2.75) is 38.6 Å². The third-order valence-corrected chi connectivity index (χ3v) is 4.76. The highest BCUT2D eigenvalue weighted by Gasteiger charge is 2.14. The largest absolute Gasteiger partial charge is 0.473 e. The lowest BCUT2D eigenvalue weighted by molar-refractivity contribution is 0.221. The normalized spacial score (nSPS) is 14.3. The van der Waals surface area contributed by atoms with Gasteiger partial charge < -0.3 is 15.4 Å². The maximum Gasteiger partial charge on any atom is 0.317 e. The van der Waals surface area contributed by atoms with E-state index in [1.165, 1.54) is 30.4 Å². The monoisotopic (exact) mass is 358 g/mol. The van der Waals surface area contributed by atoms with Gasteiger partial charge in [0.05, 0.1) is 6.04 Å². The van der Waals surface area contributed by atoms with Gasteiger partial charge in [-0.15, -0.1) is 0 Å². The molecule has 1 aliphatic carbocycles. The number of hydrogen-bond donors (Lipinski definition) is 2. The Balaban J connectivity index is 1.48. The summed E-state index contributed by atoms with van der Waals surface area (Å²) < 4.78 is 5.46. The Morgan fingerprint density at radius 2 is 1.84 bits per heavy atom. The van der Waals surface area contributed by atoms with Crippen molar-refractivity contribution < 1.29 is 9.53 Å². The quantitative estimate of drug-likeness (QED) is 0.766. The van der Waals surface area contributed by atoms with Crippen LogP contribution in [0.1, 0.15) is 42.5 Å². The van der Waals surface area contributed by atoms with Gasteiger partial charge in [-0.2, -0.15) is 0 Å². The minimum absolute atomic E-state index is 0.0530. The summed E-state index contributed by atoms with van der Waals surface area (Å²) >= 11 is 5.82. The van der Waals surface area contributed by atoms with E-state index in [0.717, 1.165) is 12.0 Å². The van der Waals surface area contributed by atoms with Gasteiger partial charge in [0.2, 0.25) is 0 Å². The molecule has 1 aliphatic rings. The van der Waals surface area contributed by atoms with Crippen molar-refractivity contribution in [2.75, 3.05) is 6.73 Å². The SMILES string of the molecule is CC(NC(=O)NCOc1ccc(Cl)cc1)c1ccc2c(c1)CCCC2. The maximum atomic E-state index is 12.0. The van der Waals surface area contributed by atoms with Crippen molar-refractivity contribution in [3.63, 3.8) is 0 Å². The van der Waals surface area contributed by atoms with Gasteiger partial charge >= 0.3 is 6.03 Å². The third-order valence-electron chi connectivity index (χ3n) is 4.51. The molecule has 1 atom stereocenters. The first kappa shape index (κ1) is 17.6. The average Bonchev–Trinajstić information content (AvgIpc) is 2.63. The van der Waals surface area contributed by atoms with E-state index in [-0.39, 0.29) is 18.8 Å². The molecule has 4 nitrogen and oxygen atoms in total. The second kappa shape index (κ2) is 8.26. The number of hydrogen-bond acceptors (Lipinski definition) is 2. The summed E-state index contributed by atoms with van der Waals surface area (Å²) in [6.07, 6.45) is 4.83. The fourth-order valence-corrected chi connectivity index (χ4v) is 3.20. The number of rotatable bonds is 5. The molecule has 25 heavy (non-hydrogen) atoms. The zero-order valence-electron chi connectivity index (χ0n) is 14.3. The molecule has 0 spiro atoms. The Hall–Kier alpha value is -2.20. The minimum Gasteiger partial charge on any atom is -0.473 e. The summed E-state index contributed by atoms with van der Waals surface area (Å²) in [6.45, 7) is 2.09. The third kappa shape index (κ3) is 4.89. The van der Waals surface area contributed by atoms with Crippen molar-refractivity contribution in [1.82, 2.24) is 10.6 Å². The number of halogens is 1. The number of fused-ring (bicyclic) bond motifs is 1. The number of benzene rings is 2. The Kier molecular flexibility index (Phi) is 5.82. The standard InChI is InChI=1S/C20H23ClN2O2/c1-14(16-7-6-15-4-2-3-5-17(15)12-16)23-20(24)22-13-25-19-10-8-18(21)9-11-19/h6-12,14H,2-5,13H2,1H3,(H2,22,23,24). The van der Waals surface area contributed by atoms with Crippen LogP contribution in [-0.2, 0) is 12.8 Å². The van der Waals surface area contributed by atoms with Crippen LogP contribution in [0.25, 0.3) is 0 Å². The second-order valence-electron chi connectivity index (χ2n) is 6.35. The first-order valence-corrected chi connectivity index (χ1v) is 9.04. The van der Waals surface area contributed by atoms with Crippen LogP contribution in [0.4, 0.5) is 4.79 Å². The summed E-state index contributed by atoms with van der Waals surface area (Å²) in [6, 6.07) is 13.2. The zero-order valence-corrected chi connectivity index (χ0v) is 15.1. The number of nitrogens with one attached hydrogen (secondary N) is 2. The van der Waals surface area contributed by atoms with Gasteiger partial charge in [-0.05, 0) is 73.6 Å². The molecule has 2 aromatic rings. The molecular weight excluding hydrogens is 336 g/mol. The molecule has 3 rings (SSSR count). The lowest BCUT2D eigenvalue weighted by Crippen LogP contribution is -2.39. The summed E-state index contributed by atoms with van der Waals surface area (Å²) in [5.41, 5.74) is 4.00. The highest BCUT2D eigenvalue weighted by atomic mass is 35.5. The fraction of sp³-hybridized carbons (Fsp3) is 0.350. The number of urea groups is 1. The number of carbonyl (C=O) groups is 1. The molecule has 0 bridgehead atoms. The highest BCUT2D eigenvalue weighted by Crippen LogP contribution is 2.24. The van der Waals surface area contributed by atoms with Crippen LogP contribution in [0.15, 0.2) is 42.5 Å². The van der Waals surface area contributed by atoms with Crippen molar-refractivity contribution in [2.24, 2.45) is 0 Å². The van der Waals surface area contributed by atoms with E-state index in [2.05, 4.69) is 28.8 Å². The molecule has 132 valence electrons. The zero-order chi connectivity index (χ0) is 17.6. The van der Waals surface area contributed by atoms with Crippen molar-refractivity contribution in [3.8, 4) is 5.75 Å². The topological polar surface area (TPSA) is 50.4 Å². The fourth-order valence-electron chi connectivity index (χ4n) is 3.07. The Morgan fingerprint density at radius 3 is 2.60 bits per heavy atom. The number of aryl methyl sites for hydroxylation is 2. The second-order valence-corrected chi connectivity index (χ2v) is 6.79. The molecule has 2 aromatic carbocycles. The molecule has 0 radical (unpaired) electrons. The van der Waals surface area contributed by atoms with Crippen LogP contribution < -0.4 is 15.4 Å². The predicted octanol–water partition coefficient (Wildman–Crippen LogP) is 4.62. The lowest BCUT2D eigenvalue weighted by atomic mass is 9.89. The van der Waals surface area contributed by atoms with E-state index in [1.54, 1.807) is 24.3 Å². The molecule has 0 aromatic heterocycles. The van der Waals surface area contributed by atoms with Crippen LogP contribution in [-0.4, -0.2) is 12.8 Å².